The van der Waals surface area contributed by atoms with Crippen LogP contribution in [0.5, 0.6) is 0 Å². The molecule has 1 fully saturated rings. The summed E-state index contributed by atoms with van der Waals surface area (Å²) in [6.07, 6.45) is 4.73. The first-order valence-corrected chi connectivity index (χ1v) is 5.58. The molecule has 1 saturated heterocycles. The van der Waals surface area contributed by atoms with Gasteiger partial charge in [0.05, 0.1) is 18.5 Å². The third kappa shape index (κ3) is 1.48. The summed E-state index contributed by atoms with van der Waals surface area (Å²) in [5.41, 5.74) is 0.573. The van der Waals surface area contributed by atoms with Crippen molar-refractivity contribution in [3.8, 4) is 0 Å². The van der Waals surface area contributed by atoms with Gasteiger partial charge in [0.15, 0.2) is 0 Å². The zero-order chi connectivity index (χ0) is 8.44. The Balaban J connectivity index is 2.10. The lowest BCUT2D eigenvalue weighted by atomic mass is 9.90. The van der Waals surface area contributed by atoms with Crippen molar-refractivity contribution in [1.82, 2.24) is 0 Å². The summed E-state index contributed by atoms with van der Waals surface area (Å²) in [7, 11) is 0. The first kappa shape index (κ1) is 8.45. The average Bonchev–Trinajstić information content (AvgIpc) is 2.55. The molecule has 2 aliphatic heterocycles. The second kappa shape index (κ2) is 3.30. The van der Waals surface area contributed by atoms with Crippen LogP contribution in [0.1, 0.15) is 19.3 Å². The summed E-state index contributed by atoms with van der Waals surface area (Å²) in [6, 6.07) is 0. The van der Waals surface area contributed by atoms with Gasteiger partial charge >= 0.3 is 0 Å². The van der Waals surface area contributed by atoms with Gasteiger partial charge < -0.3 is 9.84 Å². The molecule has 0 aromatic heterocycles. The van der Waals surface area contributed by atoms with Crippen LogP contribution in [0.15, 0.2) is 11.8 Å². The quantitative estimate of drug-likeness (QED) is 0.673. The first-order chi connectivity index (χ1) is 5.81. The molecule has 1 N–H and O–H groups in total. The zero-order valence-corrected chi connectivity index (χ0v) is 7.90. The first-order valence-electron chi connectivity index (χ1n) is 4.42. The molecule has 68 valence electrons. The average molecular weight is 186 g/mol. The van der Waals surface area contributed by atoms with Crippen LogP contribution < -0.4 is 0 Å². The number of ether oxygens (including phenoxy) is 1. The van der Waals surface area contributed by atoms with E-state index in [9.17, 15) is 5.11 Å². The van der Waals surface area contributed by atoms with Crippen LogP contribution >= 0.6 is 11.8 Å². The highest BCUT2D eigenvalue weighted by Crippen LogP contribution is 2.36. The summed E-state index contributed by atoms with van der Waals surface area (Å²) in [5, 5.41) is 10.1. The molecular weight excluding hydrogens is 172 g/mol. The van der Waals surface area contributed by atoms with Crippen LogP contribution in [0.25, 0.3) is 0 Å². The minimum atomic E-state index is -0.537. The van der Waals surface area contributed by atoms with E-state index in [1.807, 2.05) is 11.8 Å². The molecule has 0 radical (unpaired) electrons. The van der Waals surface area contributed by atoms with E-state index in [2.05, 4.69) is 0 Å². The van der Waals surface area contributed by atoms with Gasteiger partial charge in [-0.1, -0.05) is 0 Å². The molecule has 12 heavy (non-hydrogen) atoms. The maximum absolute atomic E-state index is 10.1. The fourth-order valence-electron chi connectivity index (χ4n) is 1.71. The van der Waals surface area contributed by atoms with Crippen molar-refractivity contribution < 1.29 is 9.84 Å². The standard InChI is InChI=1S/C9H14O2S/c10-9(3-5-12-7-9)8-2-1-4-11-6-8/h6,10H,1-5,7H2. The molecule has 0 amide bonds. The lowest BCUT2D eigenvalue weighted by molar-refractivity contribution is 0.0876. The van der Waals surface area contributed by atoms with E-state index < -0.39 is 5.60 Å². The Kier molecular flexibility index (Phi) is 2.33. The van der Waals surface area contributed by atoms with E-state index in [1.165, 1.54) is 0 Å². The number of thioether (sulfide) groups is 1. The van der Waals surface area contributed by atoms with Crippen LogP contribution in [0.3, 0.4) is 0 Å². The Bertz CT molecular complexity index is 195. The van der Waals surface area contributed by atoms with Crippen LogP contribution in [0.4, 0.5) is 0 Å². The minimum absolute atomic E-state index is 0.537. The third-order valence-corrected chi connectivity index (χ3v) is 3.71. The zero-order valence-electron chi connectivity index (χ0n) is 7.08. The van der Waals surface area contributed by atoms with Crippen LogP contribution in [0, 0.1) is 0 Å². The highest BCUT2D eigenvalue weighted by atomic mass is 32.2. The largest absolute Gasteiger partial charge is 0.501 e. The summed E-state index contributed by atoms with van der Waals surface area (Å²) in [4.78, 5) is 0. The van der Waals surface area contributed by atoms with Crippen LogP contribution in [-0.2, 0) is 4.74 Å². The third-order valence-electron chi connectivity index (χ3n) is 2.53. The van der Waals surface area contributed by atoms with Crippen molar-refractivity contribution in [1.29, 1.82) is 0 Å². The van der Waals surface area contributed by atoms with Gasteiger partial charge in [-0.2, -0.15) is 11.8 Å². The Morgan fingerprint density at radius 1 is 1.58 bits per heavy atom. The van der Waals surface area contributed by atoms with E-state index in [0.29, 0.717) is 0 Å². The van der Waals surface area contributed by atoms with Gasteiger partial charge in [0, 0.05) is 5.75 Å². The monoisotopic (exact) mass is 186 g/mol. The van der Waals surface area contributed by atoms with Crippen molar-refractivity contribution in [2.45, 2.75) is 24.9 Å². The second-order valence-electron chi connectivity index (χ2n) is 3.45. The molecule has 3 heteroatoms. The van der Waals surface area contributed by atoms with E-state index in [0.717, 1.165) is 42.9 Å². The fourth-order valence-corrected chi connectivity index (χ4v) is 3.01. The Morgan fingerprint density at radius 2 is 2.50 bits per heavy atom. The van der Waals surface area contributed by atoms with E-state index in [4.69, 9.17) is 4.74 Å². The fraction of sp³-hybridized carbons (Fsp3) is 0.778. The molecule has 2 rings (SSSR count). The number of rotatable bonds is 1. The van der Waals surface area contributed by atoms with Crippen molar-refractivity contribution in [2.24, 2.45) is 0 Å². The smallest absolute Gasteiger partial charge is 0.0986 e. The molecular formula is C9H14O2S. The molecule has 0 aliphatic carbocycles. The van der Waals surface area contributed by atoms with Crippen molar-refractivity contribution in [3.05, 3.63) is 11.8 Å². The Hall–Kier alpha value is -0.150. The van der Waals surface area contributed by atoms with Gasteiger partial charge in [0.1, 0.15) is 0 Å². The lowest BCUT2D eigenvalue weighted by Crippen LogP contribution is -2.32. The van der Waals surface area contributed by atoms with Crippen molar-refractivity contribution in [2.75, 3.05) is 18.1 Å². The maximum atomic E-state index is 10.1. The van der Waals surface area contributed by atoms with Gasteiger partial charge in [-0.3, -0.25) is 0 Å². The SMILES string of the molecule is OC1(C2=COCCC2)CCSC1. The minimum Gasteiger partial charge on any atom is -0.501 e. The molecule has 0 spiro atoms. The van der Waals surface area contributed by atoms with Gasteiger partial charge in [-0.15, -0.1) is 0 Å². The van der Waals surface area contributed by atoms with Crippen molar-refractivity contribution >= 4 is 11.8 Å². The second-order valence-corrected chi connectivity index (χ2v) is 4.56. The van der Waals surface area contributed by atoms with E-state index >= 15 is 0 Å². The molecule has 0 bridgehead atoms. The van der Waals surface area contributed by atoms with Gasteiger partial charge in [0.2, 0.25) is 0 Å². The summed E-state index contributed by atoms with van der Waals surface area (Å²) in [5.74, 6) is 1.93. The van der Waals surface area contributed by atoms with Crippen molar-refractivity contribution in [3.63, 3.8) is 0 Å². The highest BCUT2D eigenvalue weighted by Gasteiger charge is 2.36. The molecule has 0 aromatic rings. The summed E-state index contributed by atoms with van der Waals surface area (Å²) >= 11 is 1.83. The number of aliphatic hydroxyl groups is 1. The van der Waals surface area contributed by atoms with Gasteiger partial charge in [0.25, 0.3) is 0 Å². The van der Waals surface area contributed by atoms with Gasteiger partial charge in [-0.05, 0) is 30.6 Å². The molecule has 0 aromatic carbocycles. The van der Waals surface area contributed by atoms with Crippen LogP contribution in [-0.4, -0.2) is 28.8 Å². The predicted molar refractivity (Wildman–Crippen MR) is 50.2 cm³/mol. The Morgan fingerprint density at radius 3 is 3.08 bits per heavy atom. The molecule has 2 aliphatic rings. The summed E-state index contributed by atoms with van der Waals surface area (Å²) < 4.78 is 5.23. The van der Waals surface area contributed by atoms with Gasteiger partial charge in [-0.25, -0.2) is 0 Å². The van der Waals surface area contributed by atoms with E-state index in [-0.39, 0.29) is 0 Å². The number of hydrogen-bond donors (Lipinski definition) is 1. The molecule has 2 heterocycles. The number of hydrogen-bond acceptors (Lipinski definition) is 3. The Labute approximate surface area is 77.0 Å². The van der Waals surface area contributed by atoms with E-state index in [1.54, 1.807) is 6.26 Å². The summed E-state index contributed by atoms with van der Waals surface area (Å²) in [6.45, 7) is 0.812. The predicted octanol–water partition coefficient (Wildman–Crippen LogP) is 1.55. The maximum Gasteiger partial charge on any atom is 0.0986 e. The molecule has 0 saturated carbocycles. The van der Waals surface area contributed by atoms with Crippen LogP contribution in [0.2, 0.25) is 0 Å². The normalized spacial score (nSPS) is 35.9. The topological polar surface area (TPSA) is 29.5 Å². The molecule has 2 nitrogen and oxygen atoms in total. The highest BCUT2D eigenvalue weighted by molar-refractivity contribution is 7.99. The lowest BCUT2D eigenvalue weighted by Gasteiger charge is -2.27. The molecule has 1 unspecified atom stereocenters. The molecule has 1 atom stereocenters.